The Morgan fingerprint density at radius 1 is 1.16 bits per heavy atom. The summed E-state index contributed by atoms with van der Waals surface area (Å²) in [6.07, 6.45) is 9.16. The van der Waals surface area contributed by atoms with Crippen molar-refractivity contribution in [2.75, 3.05) is 25.0 Å². The second-order valence-electron chi connectivity index (χ2n) is 9.25. The average molecular weight is 507 g/mol. The Balaban J connectivity index is 1.41. The SMILES string of the molecule is CCCOC(=O)Nc1cccc(Cc2nn(-c3cnn(CCCC(=O)N4CCCC4)c3)ccc2=O)c1C. The van der Waals surface area contributed by atoms with Crippen molar-refractivity contribution in [3.8, 4) is 5.69 Å². The molecule has 1 aromatic carbocycles. The van der Waals surface area contributed by atoms with Gasteiger partial charge in [-0.2, -0.15) is 10.2 Å². The van der Waals surface area contributed by atoms with Crippen LogP contribution in [0.3, 0.4) is 0 Å². The summed E-state index contributed by atoms with van der Waals surface area (Å²) >= 11 is 0. The zero-order valence-electron chi connectivity index (χ0n) is 21.5. The minimum Gasteiger partial charge on any atom is -0.449 e. The van der Waals surface area contributed by atoms with Crippen LogP contribution in [0, 0.1) is 6.92 Å². The first-order chi connectivity index (χ1) is 17.9. The number of hydrogen-bond acceptors (Lipinski definition) is 6. The molecule has 2 aromatic heterocycles. The van der Waals surface area contributed by atoms with Gasteiger partial charge in [-0.3, -0.25) is 19.6 Å². The lowest BCUT2D eigenvalue weighted by Crippen LogP contribution is -2.27. The number of ether oxygens (including phenoxy) is 1. The van der Waals surface area contributed by atoms with Gasteiger partial charge in [0.05, 0.1) is 19.0 Å². The summed E-state index contributed by atoms with van der Waals surface area (Å²) in [5, 5.41) is 11.7. The number of rotatable bonds is 10. The van der Waals surface area contributed by atoms with Gasteiger partial charge in [-0.05, 0) is 49.8 Å². The zero-order valence-corrected chi connectivity index (χ0v) is 21.5. The molecule has 37 heavy (non-hydrogen) atoms. The van der Waals surface area contributed by atoms with Crippen molar-refractivity contribution < 1.29 is 14.3 Å². The molecule has 196 valence electrons. The van der Waals surface area contributed by atoms with Gasteiger partial charge >= 0.3 is 6.09 Å². The third kappa shape index (κ3) is 6.84. The van der Waals surface area contributed by atoms with Gasteiger partial charge in [-0.25, -0.2) is 9.48 Å². The fraction of sp³-hybridized carbons (Fsp3) is 0.444. The van der Waals surface area contributed by atoms with Crippen LogP contribution in [0.15, 0.2) is 47.7 Å². The molecule has 2 amide bonds. The van der Waals surface area contributed by atoms with Gasteiger partial charge in [0.2, 0.25) is 11.3 Å². The van der Waals surface area contributed by atoms with Crippen molar-refractivity contribution in [2.24, 2.45) is 0 Å². The van der Waals surface area contributed by atoms with Crippen molar-refractivity contribution >= 4 is 17.7 Å². The van der Waals surface area contributed by atoms with Crippen LogP contribution in [-0.2, 0) is 22.5 Å². The van der Waals surface area contributed by atoms with Crippen molar-refractivity contribution in [2.45, 2.75) is 58.9 Å². The van der Waals surface area contributed by atoms with Crippen molar-refractivity contribution in [3.63, 3.8) is 0 Å². The highest BCUT2D eigenvalue weighted by atomic mass is 16.5. The van der Waals surface area contributed by atoms with Crippen LogP contribution in [0.2, 0.25) is 0 Å². The summed E-state index contributed by atoms with van der Waals surface area (Å²) in [6, 6.07) is 7.04. The molecule has 1 saturated heterocycles. The molecule has 1 N–H and O–H groups in total. The van der Waals surface area contributed by atoms with Crippen molar-refractivity contribution in [1.82, 2.24) is 24.5 Å². The number of aryl methyl sites for hydroxylation is 1. The second-order valence-corrected chi connectivity index (χ2v) is 9.25. The average Bonchev–Trinajstić information content (AvgIpc) is 3.59. The van der Waals surface area contributed by atoms with Crippen LogP contribution in [0.4, 0.5) is 10.5 Å². The molecule has 10 nitrogen and oxygen atoms in total. The molecule has 0 aliphatic carbocycles. The number of hydrogen-bond donors (Lipinski definition) is 1. The lowest BCUT2D eigenvalue weighted by Gasteiger charge is -2.14. The minimum atomic E-state index is -0.500. The molecule has 0 bridgehead atoms. The number of anilines is 1. The van der Waals surface area contributed by atoms with Crippen molar-refractivity contribution in [1.29, 1.82) is 0 Å². The molecule has 0 unspecified atom stereocenters. The third-order valence-electron chi connectivity index (χ3n) is 6.48. The summed E-state index contributed by atoms with van der Waals surface area (Å²) in [5.41, 5.74) is 3.33. The molecule has 4 rings (SSSR count). The van der Waals surface area contributed by atoms with E-state index in [1.807, 2.05) is 37.1 Å². The Kier molecular flexibility index (Phi) is 8.71. The van der Waals surface area contributed by atoms with Gasteiger partial charge in [0.25, 0.3) is 0 Å². The number of nitrogens with zero attached hydrogens (tertiary/aromatic N) is 5. The van der Waals surface area contributed by atoms with E-state index in [1.165, 1.54) is 6.07 Å². The van der Waals surface area contributed by atoms with Crippen LogP contribution < -0.4 is 10.7 Å². The molecule has 3 aromatic rings. The summed E-state index contributed by atoms with van der Waals surface area (Å²) in [6.45, 7) is 6.55. The first-order valence-electron chi connectivity index (χ1n) is 12.9. The Bertz CT molecular complexity index is 1290. The third-order valence-corrected chi connectivity index (χ3v) is 6.48. The van der Waals surface area contributed by atoms with Crippen LogP contribution in [0.5, 0.6) is 0 Å². The predicted octanol–water partition coefficient (Wildman–Crippen LogP) is 3.69. The predicted molar refractivity (Wildman–Crippen MR) is 140 cm³/mol. The number of carbonyl (C=O) groups is 2. The molecule has 1 aliphatic heterocycles. The van der Waals surface area contributed by atoms with Crippen LogP contribution in [-0.4, -0.2) is 56.2 Å². The van der Waals surface area contributed by atoms with E-state index in [0.29, 0.717) is 37.4 Å². The summed E-state index contributed by atoms with van der Waals surface area (Å²) in [7, 11) is 0. The Hall–Kier alpha value is -3.95. The molecular weight excluding hydrogens is 472 g/mol. The monoisotopic (exact) mass is 506 g/mol. The van der Waals surface area contributed by atoms with Crippen LogP contribution in [0.1, 0.15) is 55.8 Å². The lowest BCUT2D eigenvalue weighted by atomic mass is 10.0. The fourth-order valence-electron chi connectivity index (χ4n) is 4.36. The van der Waals surface area contributed by atoms with E-state index in [2.05, 4.69) is 15.5 Å². The number of carbonyl (C=O) groups excluding carboxylic acids is 2. The molecule has 1 fully saturated rings. The van der Waals surface area contributed by atoms with Crippen LogP contribution >= 0.6 is 0 Å². The molecule has 10 heteroatoms. The van der Waals surface area contributed by atoms with E-state index in [1.54, 1.807) is 27.8 Å². The lowest BCUT2D eigenvalue weighted by molar-refractivity contribution is -0.130. The first-order valence-corrected chi connectivity index (χ1v) is 12.9. The fourth-order valence-corrected chi connectivity index (χ4v) is 4.36. The standard InChI is InChI=1S/C27H34N6O4/c1-3-16-37-27(36)29-23-9-6-8-21(20(23)2)17-24-25(34)11-15-33(30-24)22-18-28-32(19-22)14-7-10-26(35)31-12-4-5-13-31/h6,8-9,11,15,18-19H,3-5,7,10,12-14,16-17H2,1-2H3,(H,29,36). The molecular formula is C27H34N6O4. The van der Waals surface area contributed by atoms with E-state index < -0.39 is 6.09 Å². The van der Waals surface area contributed by atoms with E-state index in [9.17, 15) is 14.4 Å². The number of benzene rings is 1. The second kappa shape index (κ2) is 12.3. The number of amides is 2. The maximum absolute atomic E-state index is 12.6. The maximum Gasteiger partial charge on any atom is 0.411 e. The summed E-state index contributed by atoms with van der Waals surface area (Å²) in [4.78, 5) is 38.8. The molecule has 1 aliphatic rings. The minimum absolute atomic E-state index is 0.163. The number of likely N-dealkylation sites (tertiary alicyclic amines) is 1. The van der Waals surface area contributed by atoms with E-state index in [-0.39, 0.29) is 11.3 Å². The van der Waals surface area contributed by atoms with Gasteiger partial charge in [0, 0.05) is 50.4 Å². The molecule has 3 heterocycles. The smallest absolute Gasteiger partial charge is 0.411 e. The van der Waals surface area contributed by atoms with Gasteiger partial charge in [0.1, 0.15) is 11.4 Å². The topological polar surface area (TPSA) is 111 Å². The highest BCUT2D eigenvalue weighted by molar-refractivity contribution is 5.85. The number of nitrogens with one attached hydrogen (secondary N) is 1. The highest BCUT2D eigenvalue weighted by Gasteiger charge is 2.17. The Labute approximate surface area is 216 Å². The first kappa shape index (κ1) is 26.1. The van der Waals surface area contributed by atoms with E-state index in [4.69, 9.17) is 4.74 Å². The molecule has 0 radical (unpaired) electrons. The largest absolute Gasteiger partial charge is 0.449 e. The normalized spacial score (nSPS) is 13.1. The number of aromatic nitrogens is 4. The molecule has 0 spiro atoms. The van der Waals surface area contributed by atoms with E-state index >= 15 is 0 Å². The van der Waals surface area contributed by atoms with Crippen LogP contribution in [0.25, 0.3) is 5.69 Å². The molecule has 0 saturated carbocycles. The zero-order chi connectivity index (χ0) is 26.2. The molecule has 0 atom stereocenters. The quantitative estimate of drug-likeness (QED) is 0.449. The highest BCUT2D eigenvalue weighted by Crippen LogP contribution is 2.21. The Morgan fingerprint density at radius 3 is 2.76 bits per heavy atom. The Morgan fingerprint density at radius 2 is 1.97 bits per heavy atom. The van der Waals surface area contributed by atoms with Gasteiger partial charge < -0.3 is 9.64 Å². The van der Waals surface area contributed by atoms with Gasteiger partial charge in [-0.15, -0.1) is 0 Å². The maximum atomic E-state index is 12.6. The van der Waals surface area contributed by atoms with Gasteiger partial charge in [0.15, 0.2) is 0 Å². The summed E-state index contributed by atoms with van der Waals surface area (Å²) in [5.74, 6) is 0.212. The summed E-state index contributed by atoms with van der Waals surface area (Å²) < 4.78 is 8.54. The van der Waals surface area contributed by atoms with E-state index in [0.717, 1.165) is 55.6 Å². The van der Waals surface area contributed by atoms with Crippen molar-refractivity contribution in [3.05, 3.63) is 69.9 Å². The van der Waals surface area contributed by atoms with Gasteiger partial charge in [-0.1, -0.05) is 19.1 Å².